The second-order valence-corrected chi connectivity index (χ2v) is 3.33. The molecule has 0 aliphatic carbocycles. The normalized spacial score (nSPS) is 12.2. The van der Waals surface area contributed by atoms with Crippen LogP contribution in [0.1, 0.15) is 19.4 Å². The van der Waals surface area contributed by atoms with Crippen molar-refractivity contribution in [3.05, 3.63) is 29.8 Å². The van der Waals surface area contributed by atoms with Crippen LogP contribution in [-0.2, 0) is 11.2 Å². The minimum atomic E-state index is -0.472. The average molecular weight is 192 g/mol. The third kappa shape index (κ3) is 2.85. The van der Waals surface area contributed by atoms with Crippen LogP contribution in [0, 0.1) is 0 Å². The number of hydrogen-bond acceptors (Lipinski definition) is 2. The van der Waals surface area contributed by atoms with Gasteiger partial charge in [-0.05, 0) is 31.0 Å². The molecule has 76 valence electrons. The first kappa shape index (κ1) is 10.7. The van der Waals surface area contributed by atoms with Gasteiger partial charge in [-0.2, -0.15) is 0 Å². The average Bonchev–Trinajstić information content (AvgIpc) is 2.18. The molecule has 1 aromatic rings. The highest BCUT2D eigenvalue weighted by molar-refractivity contribution is 5.94. The van der Waals surface area contributed by atoms with Crippen LogP contribution in [-0.4, -0.2) is 11.9 Å². The van der Waals surface area contributed by atoms with E-state index in [1.165, 1.54) is 5.56 Å². The van der Waals surface area contributed by atoms with E-state index in [0.29, 0.717) is 0 Å². The van der Waals surface area contributed by atoms with Gasteiger partial charge in [0.1, 0.15) is 0 Å². The van der Waals surface area contributed by atoms with Gasteiger partial charge < -0.3 is 11.1 Å². The van der Waals surface area contributed by atoms with Gasteiger partial charge in [-0.1, -0.05) is 19.1 Å². The van der Waals surface area contributed by atoms with E-state index in [1.54, 1.807) is 6.92 Å². The Bertz CT molecular complexity index is 321. The molecule has 1 atom stereocenters. The third-order valence-corrected chi connectivity index (χ3v) is 2.02. The quantitative estimate of drug-likeness (QED) is 0.763. The Balaban J connectivity index is 2.72. The van der Waals surface area contributed by atoms with Crippen LogP contribution < -0.4 is 11.1 Å². The van der Waals surface area contributed by atoms with Gasteiger partial charge >= 0.3 is 0 Å². The molecule has 0 aliphatic heterocycles. The van der Waals surface area contributed by atoms with Crippen LogP contribution in [0.3, 0.4) is 0 Å². The number of carbonyl (C=O) groups excluding carboxylic acids is 1. The molecule has 0 bridgehead atoms. The molecule has 0 saturated heterocycles. The van der Waals surface area contributed by atoms with Gasteiger partial charge in [0, 0.05) is 5.69 Å². The Kier molecular flexibility index (Phi) is 3.65. The molecule has 0 heterocycles. The maximum Gasteiger partial charge on any atom is 0.240 e. The van der Waals surface area contributed by atoms with Gasteiger partial charge in [0.15, 0.2) is 0 Å². The lowest BCUT2D eigenvalue weighted by Gasteiger charge is -2.08. The fourth-order valence-electron chi connectivity index (χ4n) is 1.13. The smallest absolute Gasteiger partial charge is 0.240 e. The van der Waals surface area contributed by atoms with E-state index in [0.717, 1.165) is 12.1 Å². The molecular weight excluding hydrogens is 176 g/mol. The molecule has 14 heavy (non-hydrogen) atoms. The first-order valence-electron chi connectivity index (χ1n) is 4.79. The summed E-state index contributed by atoms with van der Waals surface area (Å²) in [6.45, 7) is 3.74. The van der Waals surface area contributed by atoms with Crippen molar-refractivity contribution in [2.45, 2.75) is 26.3 Å². The highest BCUT2D eigenvalue weighted by Gasteiger charge is 2.06. The minimum absolute atomic E-state index is 0.154. The maximum absolute atomic E-state index is 11.3. The summed E-state index contributed by atoms with van der Waals surface area (Å²) in [5, 5.41) is 2.75. The monoisotopic (exact) mass is 192 g/mol. The lowest BCUT2D eigenvalue weighted by atomic mass is 10.1. The fraction of sp³-hybridized carbons (Fsp3) is 0.364. The standard InChI is InChI=1S/C11H16N2O/c1-3-9-5-4-6-10(7-9)13-11(14)8(2)12/h4-8H,3,12H2,1-2H3,(H,13,14). The summed E-state index contributed by atoms with van der Waals surface area (Å²) in [7, 11) is 0. The molecule has 1 unspecified atom stereocenters. The zero-order valence-corrected chi connectivity index (χ0v) is 8.58. The van der Waals surface area contributed by atoms with E-state index >= 15 is 0 Å². The van der Waals surface area contributed by atoms with Gasteiger partial charge in [-0.15, -0.1) is 0 Å². The van der Waals surface area contributed by atoms with E-state index in [1.807, 2.05) is 24.3 Å². The summed E-state index contributed by atoms with van der Waals surface area (Å²) >= 11 is 0. The third-order valence-electron chi connectivity index (χ3n) is 2.02. The molecule has 1 rings (SSSR count). The van der Waals surface area contributed by atoms with Gasteiger partial charge in [0.25, 0.3) is 0 Å². The van der Waals surface area contributed by atoms with Crippen molar-refractivity contribution < 1.29 is 4.79 Å². The van der Waals surface area contributed by atoms with Gasteiger partial charge in [0.2, 0.25) is 5.91 Å². The predicted molar refractivity (Wildman–Crippen MR) is 58.1 cm³/mol. The van der Waals surface area contributed by atoms with Gasteiger partial charge in [-0.25, -0.2) is 0 Å². The molecule has 3 nitrogen and oxygen atoms in total. The molecule has 1 aromatic carbocycles. The van der Waals surface area contributed by atoms with E-state index < -0.39 is 6.04 Å². The SMILES string of the molecule is CCc1cccc(NC(=O)C(C)N)c1. The number of nitrogens with two attached hydrogens (primary N) is 1. The summed E-state index contributed by atoms with van der Waals surface area (Å²) in [4.78, 5) is 11.3. The number of aryl methyl sites for hydroxylation is 1. The number of amides is 1. The molecule has 3 heteroatoms. The first-order valence-corrected chi connectivity index (χ1v) is 4.79. The van der Waals surface area contributed by atoms with E-state index in [2.05, 4.69) is 12.2 Å². The summed E-state index contributed by atoms with van der Waals surface area (Å²) in [5.74, 6) is -0.154. The molecular formula is C11H16N2O. The van der Waals surface area contributed by atoms with Crippen LogP contribution in [0.4, 0.5) is 5.69 Å². The lowest BCUT2D eigenvalue weighted by Crippen LogP contribution is -2.32. The summed E-state index contributed by atoms with van der Waals surface area (Å²) in [6.07, 6.45) is 0.960. The lowest BCUT2D eigenvalue weighted by molar-refractivity contribution is -0.117. The van der Waals surface area contributed by atoms with E-state index in [4.69, 9.17) is 5.73 Å². The number of anilines is 1. The fourth-order valence-corrected chi connectivity index (χ4v) is 1.13. The highest BCUT2D eigenvalue weighted by Crippen LogP contribution is 2.10. The Morgan fingerprint density at radius 2 is 2.29 bits per heavy atom. The second-order valence-electron chi connectivity index (χ2n) is 3.33. The number of rotatable bonds is 3. The molecule has 0 radical (unpaired) electrons. The van der Waals surface area contributed by atoms with Crippen molar-refractivity contribution in [3.8, 4) is 0 Å². The molecule has 0 fully saturated rings. The molecule has 0 aromatic heterocycles. The van der Waals surface area contributed by atoms with Crippen LogP contribution in [0.25, 0.3) is 0 Å². The Morgan fingerprint density at radius 3 is 2.86 bits per heavy atom. The number of nitrogens with one attached hydrogen (secondary N) is 1. The summed E-state index contributed by atoms with van der Waals surface area (Å²) in [5.41, 5.74) is 7.46. The first-order chi connectivity index (χ1) is 6.63. The summed E-state index contributed by atoms with van der Waals surface area (Å²) < 4.78 is 0. The van der Waals surface area contributed by atoms with Crippen molar-refractivity contribution in [2.24, 2.45) is 5.73 Å². The number of hydrogen-bond donors (Lipinski definition) is 2. The Morgan fingerprint density at radius 1 is 1.57 bits per heavy atom. The zero-order chi connectivity index (χ0) is 10.6. The molecule has 0 spiro atoms. The van der Waals surface area contributed by atoms with Gasteiger partial charge in [0.05, 0.1) is 6.04 Å². The van der Waals surface area contributed by atoms with Crippen LogP contribution >= 0.6 is 0 Å². The summed E-state index contributed by atoms with van der Waals surface area (Å²) in [6, 6.07) is 7.30. The van der Waals surface area contributed by atoms with Crippen molar-refractivity contribution >= 4 is 11.6 Å². The zero-order valence-electron chi connectivity index (χ0n) is 8.58. The number of benzene rings is 1. The minimum Gasteiger partial charge on any atom is -0.325 e. The largest absolute Gasteiger partial charge is 0.325 e. The Labute approximate surface area is 84.3 Å². The molecule has 1 amide bonds. The number of carbonyl (C=O) groups is 1. The van der Waals surface area contributed by atoms with Crippen LogP contribution in [0.5, 0.6) is 0 Å². The van der Waals surface area contributed by atoms with Crippen LogP contribution in [0.15, 0.2) is 24.3 Å². The molecule has 3 N–H and O–H groups in total. The van der Waals surface area contributed by atoms with Crippen molar-refractivity contribution in [1.29, 1.82) is 0 Å². The van der Waals surface area contributed by atoms with Gasteiger partial charge in [-0.3, -0.25) is 4.79 Å². The molecule has 0 saturated carbocycles. The predicted octanol–water partition coefficient (Wildman–Crippen LogP) is 1.53. The van der Waals surface area contributed by atoms with E-state index in [9.17, 15) is 4.79 Å². The van der Waals surface area contributed by atoms with Crippen molar-refractivity contribution in [3.63, 3.8) is 0 Å². The van der Waals surface area contributed by atoms with E-state index in [-0.39, 0.29) is 5.91 Å². The highest BCUT2D eigenvalue weighted by atomic mass is 16.2. The Hall–Kier alpha value is -1.35. The van der Waals surface area contributed by atoms with Crippen molar-refractivity contribution in [2.75, 3.05) is 5.32 Å². The van der Waals surface area contributed by atoms with Crippen molar-refractivity contribution in [1.82, 2.24) is 0 Å². The maximum atomic E-state index is 11.3. The second kappa shape index (κ2) is 4.77. The van der Waals surface area contributed by atoms with Crippen LogP contribution in [0.2, 0.25) is 0 Å². The topological polar surface area (TPSA) is 55.1 Å². The molecule has 0 aliphatic rings.